The Bertz CT molecular complexity index is 336. The van der Waals surface area contributed by atoms with Crippen LogP contribution in [0.1, 0.15) is 38.3 Å². The molecule has 1 aliphatic carbocycles. The van der Waals surface area contributed by atoms with Gasteiger partial charge < -0.3 is 5.32 Å². The van der Waals surface area contributed by atoms with Gasteiger partial charge in [0.15, 0.2) is 0 Å². The highest BCUT2D eigenvalue weighted by atomic mass is 19.1. The smallest absolute Gasteiger partial charge is 0.146 e. The van der Waals surface area contributed by atoms with Gasteiger partial charge in [-0.1, -0.05) is 19.3 Å². The van der Waals surface area contributed by atoms with Crippen molar-refractivity contribution < 1.29 is 4.39 Å². The summed E-state index contributed by atoms with van der Waals surface area (Å²) in [4.78, 5) is 4.03. The summed E-state index contributed by atoms with van der Waals surface area (Å²) in [5.74, 6) is 0.668. The average molecular weight is 222 g/mol. The molecule has 1 N–H and O–H groups in total. The number of rotatable bonds is 5. The molecule has 1 aliphatic rings. The van der Waals surface area contributed by atoms with Crippen LogP contribution in [0.2, 0.25) is 0 Å². The summed E-state index contributed by atoms with van der Waals surface area (Å²) in [5.41, 5.74) is 0.517. The fraction of sp³-hybridized carbons (Fsp3) is 0.615. The highest BCUT2D eigenvalue weighted by Crippen LogP contribution is 2.30. The summed E-state index contributed by atoms with van der Waals surface area (Å²) < 4.78 is 13.3. The van der Waals surface area contributed by atoms with Gasteiger partial charge in [-0.15, -0.1) is 0 Å². The number of pyridine rings is 1. The minimum atomic E-state index is -0.217. The molecule has 0 amide bonds. The van der Waals surface area contributed by atoms with Crippen LogP contribution in [0.3, 0.4) is 0 Å². The van der Waals surface area contributed by atoms with Crippen molar-refractivity contribution in [2.24, 2.45) is 5.92 Å². The lowest BCUT2D eigenvalue weighted by molar-refractivity contribution is 0.265. The second kappa shape index (κ2) is 5.39. The molecule has 1 atom stereocenters. The molecule has 1 aromatic heterocycles. The maximum absolute atomic E-state index is 13.3. The van der Waals surface area contributed by atoms with E-state index in [1.807, 2.05) is 0 Å². The molecule has 1 unspecified atom stereocenters. The van der Waals surface area contributed by atoms with Gasteiger partial charge in [-0.25, -0.2) is 4.39 Å². The molecule has 16 heavy (non-hydrogen) atoms. The lowest BCUT2D eigenvalue weighted by atomic mass is 9.81. The van der Waals surface area contributed by atoms with Gasteiger partial charge in [0, 0.05) is 18.8 Å². The predicted octanol–water partition coefficient (Wildman–Crippen LogP) is 2.89. The van der Waals surface area contributed by atoms with E-state index < -0.39 is 0 Å². The third-order valence-corrected chi connectivity index (χ3v) is 3.36. The maximum Gasteiger partial charge on any atom is 0.146 e. The van der Waals surface area contributed by atoms with Gasteiger partial charge >= 0.3 is 0 Å². The Morgan fingerprint density at radius 3 is 3.00 bits per heavy atom. The van der Waals surface area contributed by atoms with Crippen molar-refractivity contribution in [2.45, 2.75) is 45.2 Å². The molecule has 2 nitrogen and oxygen atoms in total. The van der Waals surface area contributed by atoms with Crippen LogP contribution in [0.4, 0.5) is 4.39 Å². The Kier molecular flexibility index (Phi) is 3.88. The van der Waals surface area contributed by atoms with Crippen molar-refractivity contribution >= 4 is 0 Å². The summed E-state index contributed by atoms with van der Waals surface area (Å²) in [5, 5.41) is 3.34. The monoisotopic (exact) mass is 222 g/mol. The van der Waals surface area contributed by atoms with E-state index in [0.717, 1.165) is 5.92 Å². The first-order valence-corrected chi connectivity index (χ1v) is 6.08. The van der Waals surface area contributed by atoms with E-state index in [1.54, 1.807) is 12.3 Å². The number of hydrogen-bond acceptors (Lipinski definition) is 2. The second-order valence-electron chi connectivity index (χ2n) is 4.75. The van der Waals surface area contributed by atoms with Crippen molar-refractivity contribution in [3.63, 3.8) is 0 Å². The molecule has 1 fully saturated rings. The Morgan fingerprint density at radius 1 is 1.56 bits per heavy atom. The van der Waals surface area contributed by atoms with Crippen LogP contribution >= 0.6 is 0 Å². The van der Waals surface area contributed by atoms with Crippen molar-refractivity contribution in [1.29, 1.82) is 0 Å². The molecule has 88 valence electrons. The molecule has 0 bridgehead atoms. The van der Waals surface area contributed by atoms with E-state index in [1.165, 1.54) is 31.7 Å². The highest BCUT2D eigenvalue weighted by molar-refractivity contribution is 5.06. The van der Waals surface area contributed by atoms with Gasteiger partial charge in [-0.05, 0) is 31.4 Å². The normalized spacial score (nSPS) is 18.1. The topological polar surface area (TPSA) is 24.9 Å². The van der Waals surface area contributed by atoms with Crippen molar-refractivity contribution in [3.05, 3.63) is 29.8 Å². The van der Waals surface area contributed by atoms with E-state index >= 15 is 0 Å². The first kappa shape index (κ1) is 11.5. The Hall–Kier alpha value is -0.960. The number of nitrogens with one attached hydrogen (secondary N) is 1. The van der Waals surface area contributed by atoms with E-state index in [4.69, 9.17) is 0 Å². The molecular formula is C13H19FN2. The molecule has 0 aliphatic heterocycles. The lowest BCUT2D eigenvalue weighted by Gasteiger charge is -2.28. The van der Waals surface area contributed by atoms with Crippen LogP contribution in [-0.4, -0.2) is 11.0 Å². The number of nitrogens with zero attached hydrogens (tertiary/aromatic N) is 1. The van der Waals surface area contributed by atoms with E-state index in [0.29, 0.717) is 18.3 Å². The van der Waals surface area contributed by atoms with Gasteiger partial charge in [0.25, 0.3) is 0 Å². The molecule has 0 spiro atoms. The molecular weight excluding hydrogens is 203 g/mol. The highest BCUT2D eigenvalue weighted by Gasteiger charge is 2.19. The first-order valence-electron chi connectivity index (χ1n) is 6.08. The van der Waals surface area contributed by atoms with Crippen LogP contribution in [0.25, 0.3) is 0 Å². The minimum Gasteiger partial charge on any atom is -0.309 e. The van der Waals surface area contributed by atoms with Gasteiger partial charge in [-0.2, -0.15) is 0 Å². The Balaban J connectivity index is 1.75. The summed E-state index contributed by atoms with van der Waals surface area (Å²) in [6.07, 6.45) is 6.95. The Labute approximate surface area is 96.3 Å². The molecule has 0 saturated heterocycles. The van der Waals surface area contributed by atoms with Crippen LogP contribution < -0.4 is 5.32 Å². The van der Waals surface area contributed by atoms with Crippen molar-refractivity contribution in [3.8, 4) is 0 Å². The number of hydrogen-bond donors (Lipinski definition) is 1. The molecule has 1 heterocycles. The van der Waals surface area contributed by atoms with Crippen LogP contribution in [0, 0.1) is 11.7 Å². The summed E-state index contributed by atoms with van der Waals surface area (Å²) in [6.45, 7) is 2.69. The summed E-state index contributed by atoms with van der Waals surface area (Å²) >= 11 is 0. The lowest BCUT2D eigenvalue weighted by Crippen LogP contribution is -2.30. The molecule has 0 radical (unpaired) electrons. The zero-order valence-electron chi connectivity index (χ0n) is 9.75. The van der Waals surface area contributed by atoms with E-state index in [9.17, 15) is 4.39 Å². The molecule has 2 rings (SSSR count). The van der Waals surface area contributed by atoms with Crippen LogP contribution in [0.5, 0.6) is 0 Å². The van der Waals surface area contributed by atoms with E-state index in [-0.39, 0.29) is 5.82 Å². The summed E-state index contributed by atoms with van der Waals surface area (Å²) in [7, 11) is 0. The molecule has 1 aromatic rings. The molecule has 3 heteroatoms. The van der Waals surface area contributed by atoms with E-state index in [2.05, 4.69) is 17.2 Å². The summed E-state index contributed by atoms with van der Waals surface area (Å²) in [6, 6.07) is 3.53. The molecule has 0 aromatic carbocycles. The second-order valence-corrected chi connectivity index (χ2v) is 4.75. The minimum absolute atomic E-state index is 0.217. The van der Waals surface area contributed by atoms with Gasteiger partial charge in [0.2, 0.25) is 0 Å². The van der Waals surface area contributed by atoms with Crippen LogP contribution in [-0.2, 0) is 6.54 Å². The number of halogens is 1. The quantitative estimate of drug-likeness (QED) is 0.828. The van der Waals surface area contributed by atoms with Crippen molar-refractivity contribution in [1.82, 2.24) is 10.3 Å². The SMILES string of the molecule is CC(CC1CCC1)NCc1ncccc1F. The van der Waals surface area contributed by atoms with Gasteiger partial charge in [-0.3, -0.25) is 4.98 Å². The third kappa shape index (κ3) is 3.01. The standard InChI is InChI=1S/C13H19FN2/c1-10(8-11-4-2-5-11)16-9-13-12(14)6-3-7-15-13/h3,6-7,10-11,16H,2,4-5,8-9H2,1H3. The zero-order valence-corrected chi connectivity index (χ0v) is 9.75. The maximum atomic E-state index is 13.3. The van der Waals surface area contributed by atoms with Crippen molar-refractivity contribution in [2.75, 3.05) is 0 Å². The zero-order chi connectivity index (χ0) is 11.4. The predicted molar refractivity (Wildman–Crippen MR) is 62.5 cm³/mol. The molecule has 1 saturated carbocycles. The largest absolute Gasteiger partial charge is 0.309 e. The number of aromatic nitrogens is 1. The van der Waals surface area contributed by atoms with Gasteiger partial charge in [0.05, 0.1) is 5.69 Å². The van der Waals surface area contributed by atoms with Crippen LogP contribution in [0.15, 0.2) is 18.3 Å². The third-order valence-electron chi connectivity index (χ3n) is 3.36. The fourth-order valence-corrected chi connectivity index (χ4v) is 2.13. The Morgan fingerprint density at radius 2 is 2.38 bits per heavy atom. The fourth-order valence-electron chi connectivity index (χ4n) is 2.13. The average Bonchev–Trinajstić information content (AvgIpc) is 2.22. The first-order chi connectivity index (χ1) is 7.75. The van der Waals surface area contributed by atoms with Gasteiger partial charge in [0.1, 0.15) is 5.82 Å².